The normalized spacial score (nSPS) is 13.3. The van der Waals surface area contributed by atoms with Crippen molar-refractivity contribution >= 4 is 35.9 Å². The molecule has 92 valence electrons. The van der Waals surface area contributed by atoms with Gasteiger partial charge < -0.3 is 0 Å². The fraction of sp³-hybridized carbons (Fsp3) is 0.0588. The first kappa shape index (κ1) is 11.1. The molecule has 4 rings (SSSR count). The van der Waals surface area contributed by atoms with E-state index >= 15 is 0 Å². The number of benzene rings is 3. The SMILES string of the molecule is c1ccc(-c2ccc3ccc4c(c3c2)[Se]CN4)cc1. The van der Waals surface area contributed by atoms with Crippen LogP contribution in [0.3, 0.4) is 0 Å². The molecule has 0 aromatic heterocycles. The Bertz CT molecular complexity index is 750. The van der Waals surface area contributed by atoms with Crippen molar-refractivity contribution in [3.63, 3.8) is 0 Å². The molecule has 1 heterocycles. The summed E-state index contributed by atoms with van der Waals surface area (Å²) in [5.41, 5.74) is 5.05. The Morgan fingerprint density at radius 3 is 2.58 bits per heavy atom. The van der Waals surface area contributed by atoms with Crippen LogP contribution in [-0.4, -0.2) is 20.4 Å². The molecule has 0 radical (unpaired) electrons. The van der Waals surface area contributed by atoms with Crippen molar-refractivity contribution in [1.82, 2.24) is 0 Å². The van der Waals surface area contributed by atoms with E-state index in [0.29, 0.717) is 15.0 Å². The van der Waals surface area contributed by atoms with Crippen LogP contribution in [0.1, 0.15) is 0 Å². The molecule has 1 aliphatic rings. The van der Waals surface area contributed by atoms with Gasteiger partial charge in [0.15, 0.2) is 0 Å². The van der Waals surface area contributed by atoms with Crippen LogP contribution >= 0.6 is 0 Å². The van der Waals surface area contributed by atoms with E-state index < -0.39 is 0 Å². The topological polar surface area (TPSA) is 12.0 Å². The molecule has 0 saturated heterocycles. The molecule has 0 spiro atoms. The van der Waals surface area contributed by atoms with Gasteiger partial charge in [-0.05, 0) is 0 Å². The van der Waals surface area contributed by atoms with Crippen LogP contribution < -0.4 is 9.78 Å². The van der Waals surface area contributed by atoms with Crippen LogP contribution in [0, 0.1) is 0 Å². The summed E-state index contributed by atoms with van der Waals surface area (Å²) in [6, 6.07) is 21.9. The molecule has 2 heteroatoms. The Morgan fingerprint density at radius 2 is 1.68 bits per heavy atom. The summed E-state index contributed by atoms with van der Waals surface area (Å²) >= 11 is 0.560. The average Bonchev–Trinajstić information content (AvgIpc) is 2.96. The van der Waals surface area contributed by atoms with Crippen LogP contribution in [0.15, 0.2) is 60.7 Å². The quantitative estimate of drug-likeness (QED) is 0.681. The van der Waals surface area contributed by atoms with Crippen molar-refractivity contribution in [2.24, 2.45) is 0 Å². The second kappa shape index (κ2) is 4.41. The van der Waals surface area contributed by atoms with Crippen molar-refractivity contribution in [3.05, 3.63) is 60.7 Å². The molecule has 0 fully saturated rings. The third-order valence-electron chi connectivity index (χ3n) is 3.56. The van der Waals surface area contributed by atoms with Gasteiger partial charge in [0.25, 0.3) is 0 Å². The zero-order valence-corrected chi connectivity index (χ0v) is 12.1. The van der Waals surface area contributed by atoms with Crippen LogP contribution in [0.4, 0.5) is 5.69 Å². The fourth-order valence-corrected chi connectivity index (χ4v) is 4.68. The maximum absolute atomic E-state index is 3.48. The van der Waals surface area contributed by atoms with Crippen LogP contribution in [0.5, 0.6) is 0 Å². The summed E-state index contributed by atoms with van der Waals surface area (Å²) in [7, 11) is 0. The zero-order valence-electron chi connectivity index (χ0n) is 10.4. The van der Waals surface area contributed by atoms with E-state index in [4.69, 9.17) is 0 Å². The molecule has 3 aromatic rings. The Morgan fingerprint density at radius 1 is 0.842 bits per heavy atom. The Hall–Kier alpha value is -1.76. The van der Waals surface area contributed by atoms with Gasteiger partial charge in [0.05, 0.1) is 0 Å². The van der Waals surface area contributed by atoms with Gasteiger partial charge in [-0.1, -0.05) is 0 Å². The predicted octanol–water partition coefficient (Wildman–Crippen LogP) is 3.22. The molecule has 0 unspecified atom stereocenters. The molecule has 1 aliphatic heterocycles. The number of hydrogen-bond donors (Lipinski definition) is 1. The van der Waals surface area contributed by atoms with Gasteiger partial charge >= 0.3 is 118 Å². The van der Waals surface area contributed by atoms with E-state index in [1.165, 1.54) is 32.0 Å². The van der Waals surface area contributed by atoms with Crippen molar-refractivity contribution in [1.29, 1.82) is 0 Å². The Kier molecular flexibility index (Phi) is 2.58. The first-order valence-electron chi connectivity index (χ1n) is 6.41. The fourth-order valence-electron chi connectivity index (χ4n) is 2.58. The van der Waals surface area contributed by atoms with E-state index in [0.717, 1.165) is 5.44 Å². The summed E-state index contributed by atoms with van der Waals surface area (Å²) in [6.45, 7) is 0. The molecule has 1 N–H and O–H groups in total. The monoisotopic (exact) mass is 311 g/mol. The second-order valence-corrected chi connectivity index (χ2v) is 6.78. The molecule has 0 atom stereocenters. The summed E-state index contributed by atoms with van der Waals surface area (Å²) in [4.78, 5) is 0. The predicted molar refractivity (Wildman–Crippen MR) is 83.3 cm³/mol. The molecule has 0 aliphatic carbocycles. The van der Waals surface area contributed by atoms with Crippen molar-refractivity contribution in [2.75, 3.05) is 10.8 Å². The summed E-state index contributed by atoms with van der Waals surface area (Å²) in [5.74, 6) is 0. The minimum atomic E-state index is 0.560. The summed E-state index contributed by atoms with van der Waals surface area (Å²) < 4.78 is 1.53. The van der Waals surface area contributed by atoms with Gasteiger partial charge in [-0.3, -0.25) is 0 Å². The van der Waals surface area contributed by atoms with Gasteiger partial charge in [-0.2, -0.15) is 0 Å². The Balaban J connectivity index is 1.96. The van der Waals surface area contributed by atoms with Gasteiger partial charge in [0.1, 0.15) is 0 Å². The number of rotatable bonds is 1. The van der Waals surface area contributed by atoms with E-state index in [2.05, 4.69) is 66.0 Å². The molecule has 0 saturated carbocycles. The van der Waals surface area contributed by atoms with E-state index in [1.54, 1.807) is 0 Å². The molecule has 3 aromatic carbocycles. The molecular formula is C17H13NSe. The minimum absolute atomic E-state index is 0.560. The van der Waals surface area contributed by atoms with Crippen LogP contribution in [-0.2, 0) is 0 Å². The third kappa shape index (κ3) is 1.85. The Labute approximate surface area is 118 Å². The van der Waals surface area contributed by atoms with Crippen molar-refractivity contribution < 1.29 is 0 Å². The number of anilines is 1. The van der Waals surface area contributed by atoms with Gasteiger partial charge in [0, 0.05) is 0 Å². The van der Waals surface area contributed by atoms with E-state index in [1.807, 2.05) is 0 Å². The van der Waals surface area contributed by atoms with E-state index in [-0.39, 0.29) is 0 Å². The summed E-state index contributed by atoms with van der Waals surface area (Å²) in [6.07, 6.45) is 0. The van der Waals surface area contributed by atoms with Gasteiger partial charge in [0.2, 0.25) is 0 Å². The van der Waals surface area contributed by atoms with Crippen LogP contribution in [0.2, 0.25) is 0 Å². The first-order valence-corrected chi connectivity index (χ1v) is 8.47. The third-order valence-corrected chi connectivity index (χ3v) is 5.69. The number of hydrogen-bond acceptors (Lipinski definition) is 1. The van der Waals surface area contributed by atoms with Crippen LogP contribution in [0.25, 0.3) is 21.9 Å². The maximum atomic E-state index is 3.48. The molecule has 1 nitrogen and oxygen atoms in total. The number of fused-ring (bicyclic) bond motifs is 3. The number of nitrogens with one attached hydrogen (secondary N) is 1. The standard InChI is InChI=1S/C17H13NSe/c1-2-4-12(5-3-1)14-7-6-13-8-9-16-17(15(13)10-14)19-11-18-16/h1-10,18H,11H2. The molecule has 0 bridgehead atoms. The first-order chi connectivity index (χ1) is 9.42. The van der Waals surface area contributed by atoms with Crippen molar-refractivity contribution in [3.8, 4) is 11.1 Å². The molecule has 19 heavy (non-hydrogen) atoms. The molecule has 0 amide bonds. The van der Waals surface area contributed by atoms with Gasteiger partial charge in [-0.15, -0.1) is 0 Å². The average molecular weight is 310 g/mol. The molecular weight excluding hydrogens is 297 g/mol. The van der Waals surface area contributed by atoms with Crippen molar-refractivity contribution in [2.45, 2.75) is 0 Å². The second-order valence-electron chi connectivity index (χ2n) is 4.71. The van der Waals surface area contributed by atoms with Gasteiger partial charge in [-0.25, -0.2) is 0 Å². The van der Waals surface area contributed by atoms with E-state index in [9.17, 15) is 0 Å². The zero-order chi connectivity index (χ0) is 12.7. The summed E-state index contributed by atoms with van der Waals surface area (Å²) in [5, 5.41) is 6.25.